The number of carbonyl (C=O) groups excluding carboxylic acids is 1. The molecule has 188 valence electrons. The first-order valence-electron chi connectivity index (χ1n) is 10.8. The molecule has 0 unspecified atom stereocenters. The molecule has 1 aliphatic rings. The van der Waals surface area contributed by atoms with Crippen molar-refractivity contribution in [2.75, 3.05) is 25.5 Å². The maximum atomic E-state index is 13.8. The van der Waals surface area contributed by atoms with Crippen LogP contribution in [0.3, 0.4) is 0 Å². The number of methoxy groups -OCH3 is 1. The zero-order chi connectivity index (χ0) is 25.5. The minimum atomic E-state index is -4.51. The Labute approximate surface area is 205 Å². The van der Waals surface area contributed by atoms with Crippen molar-refractivity contribution in [2.24, 2.45) is 5.92 Å². The Morgan fingerprint density at radius 3 is 2.63 bits per heavy atom. The Bertz CT molecular complexity index is 1240. The van der Waals surface area contributed by atoms with Crippen molar-refractivity contribution in [2.45, 2.75) is 38.6 Å². The summed E-state index contributed by atoms with van der Waals surface area (Å²) in [4.78, 5) is 22.3. The van der Waals surface area contributed by atoms with Crippen molar-refractivity contribution in [3.8, 4) is 17.1 Å². The van der Waals surface area contributed by atoms with Gasteiger partial charge in [-0.1, -0.05) is 17.7 Å². The number of aromatic nitrogens is 3. The third-order valence-electron chi connectivity index (χ3n) is 5.52. The van der Waals surface area contributed by atoms with E-state index in [0.717, 1.165) is 4.90 Å². The van der Waals surface area contributed by atoms with Gasteiger partial charge in [-0.25, -0.2) is 14.8 Å². The summed E-state index contributed by atoms with van der Waals surface area (Å²) < 4.78 is 53.6. The molecule has 0 aromatic carbocycles. The minimum absolute atomic E-state index is 0.171. The summed E-state index contributed by atoms with van der Waals surface area (Å²) in [6.45, 7) is 4.32. The molecule has 1 N–H and O–H groups in total. The molecule has 1 fully saturated rings. The number of hydrogen-bond acceptors (Lipinski definition) is 6. The van der Waals surface area contributed by atoms with Crippen LogP contribution >= 0.6 is 11.6 Å². The van der Waals surface area contributed by atoms with E-state index in [1.165, 1.54) is 7.11 Å². The van der Waals surface area contributed by atoms with Gasteiger partial charge >= 0.3 is 12.3 Å². The number of ether oxygens (including phenoxy) is 2. The van der Waals surface area contributed by atoms with Crippen LogP contribution in [0.5, 0.6) is 5.75 Å². The molecule has 12 heteroatoms. The normalized spacial score (nSPS) is 18.7. The van der Waals surface area contributed by atoms with E-state index >= 15 is 0 Å². The quantitative estimate of drug-likeness (QED) is 0.514. The molecule has 1 amide bonds. The summed E-state index contributed by atoms with van der Waals surface area (Å²) >= 11 is 6.25. The number of fused-ring (bicyclic) bond motifs is 1. The van der Waals surface area contributed by atoms with Crippen molar-refractivity contribution in [1.82, 2.24) is 19.3 Å². The first-order chi connectivity index (χ1) is 16.4. The molecule has 4 heterocycles. The fraction of sp³-hybridized carbons (Fsp3) is 0.435. The zero-order valence-corrected chi connectivity index (χ0v) is 20.3. The predicted octanol–water partition coefficient (Wildman–Crippen LogP) is 5.27. The van der Waals surface area contributed by atoms with Crippen LogP contribution in [-0.4, -0.2) is 63.4 Å². The Morgan fingerprint density at radius 1 is 1.23 bits per heavy atom. The lowest BCUT2D eigenvalue weighted by Gasteiger charge is -2.24. The van der Waals surface area contributed by atoms with E-state index in [4.69, 9.17) is 21.1 Å². The van der Waals surface area contributed by atoms with Crippen LogP contribution in [0.4, 0.5) is 23.8 Å². The molecular formula is C23H25ClF3N5O3. The molecule has 3 aromatic heterocycles. The average Bonchev–Trinajstić information content (AvgIpc) is 3.36. The number of imidazole rings is 1. The number of anilines is 1. The molecule has 0 bridgehead atoms. The fourth-order valence-corrected chi connectivity index (χ4v) is 4.16. The van der Waals surface area contributed by atoms with Gasteiger partial charge < -0.3 is 19.7 Å². The Kier molecular flexibility index (Phi) is 6.48. The molecule has 1 saturated heterocycles. The lowest BCUT2D eigenvalue weighted by molar-refractivity contribution is -0.171. The van der Waals surface area contributed by atoms with Gasteiger partial charge in [0.05, 0.1) is 41.7 Å². The smallest absolute Gasteiger partial charge is 0.410 e. The van der Waals surface area contributed by atoms with Gasteiger partial charge in [0.1, 0.15) is 22.8 Å². The molecule has 1 aliphatic heterocycles. The number of amides is 1. The number of likely N-dealkylation sites (tertiary alicyclic amines) is 1. The Balaban J connectivity index is 1.59. The molecule has 4 rings (SSSR count). The van der Waals surface area contributed by atoms with Crippen LogP contribution in [0.2, 0.25) is 5.02 Å². The van der Waals surface area contributed by atoms with E-state index in [1.54, 1.807) is 61.8 Å². The first kappa shape index (κ1) is 24.9. The molecule has 0 saturated carbocycles. The highest BCUT2D eigenvalue weighted by Crippen LogP contribution is 2.36. The van der Waals surface area contributed by atoms with E-state index in [2.05, 4.69) is 15.3 Å². The van der Waals surface area contributed by atoms with Crippen LogP contribution in [0.25, 0.3) is 17.0 Å². The van der Waals surface area contributed by atoms with Crippen molar-refractivity contribution >= 4 is 29.2 Å². The Morgan fingerprint density at radius 2 is 1.97 bits per heavy atom. The van der Waals surface area contributed by atoms with E-state index < -0.39 is 36.4 Å². The number of hydrogen-bond donors (Lipinski definition) is 1. The maximum Gasteiger partial charge on any atom is 0.410 e. The number of nitrogens with zero attached hydrogens (tertiary/aromatic N) is 4. The summed E-state index contributed by atoms with van der Waals surface area (Å²) in [5.41, 5.74) is 0.840. The van der Waals surface area contributed by atoms with Gasteiger partial charge in [-0.3, -0.25) is 4.40 Å². The number of rotatable bonds is 4. The topological polar surface area (TPSA) is 81.0 Å². The van der Waals surface area contributed by atoms with Gasteiger partial charge in [-0.2, -0.15) is 13.2 Å². The Hall–Kier alpha value is -3.21. The first-order valence-corrected chi connectivity index (χ1v) is 11.2. The highest BCUT2D eigenvalue weighted by molar-refractivity contribution is 6.32. The predicted molar refractivity (Wildman–Crippen MR) is 125 cm³/mol. The standard InChI is InChI=1S/C23H25ClF3N5O3/c1-22(2,3)35-21(33)31-10-13(23(25,26)27)16(12-31)30-19-7-5-6-15(29-19)17-9-28-20-8-18(34-4)14(24)11-32(17)20/h5-9,11,13,16H,10,12H2,1-4H3,(H,29,30)/t13-,16-/m0/s1. The highest BCUT2D eigenvalue weighted by atomic mass is 35.5. The lowest BCUT2D eigenvalue weighted by Crippen LogP contribution is -2.38. The molecule has 8 nitrogen and oxygen atoms in total. The van der Waals surface area contributed by atoms with Gasteiger partial charge in [0.15, 0.2) is 0 Å². The number of pyridine rings is 2. The highest BCUT2D eigenvalue weighted by Gasteiger charge is 2.51. The fourth-order valence-electron chi connectivity index (χ4n) is 3.93. The monoisotopic (exact) mass is 511 g/mol. The van der Waals surface area contributed by atoms with Crippen LogP contribution in [-0.2, 0) is 4.74 Å². The average molecular weight is 512 g/mol. The van der Waals surface area contributed by atoms with Crippen LogP contribution in [0.1, 0.15) is 20.8 Å². The number of halogens is 4. The van der Waals surface area contributed by atoms with Gasteiger partial charge in [-0.05, 0) is 32.9 Å². The van der Waals surface area contributed by atoms with Gasteiger partial charge in [-0.15, -0.1) is 0 Å². The minimum Gasteiger partial charge on any atom is -0.495 e. The van der Waals surface area contributed by atoms with E-state index in [0.29, 0.717) is 27.8 Å². The maximum absolute atomic E-state index is 13.8. The molecular weight excluding hydrogens is 487 g/mol. The lowest BCUT2D eigenvalue weighted by atomic mass is 10.0. The SMILES string of the molecule is COc1cc2ncc(-c3cccc(N[C@H]4CN(C(=O)OC(C)(C)C)C[C@@H]4C(F)(F)F)n3)n2cc1Cl. The largest absolute Gasteiger partial charge is 0.495 e. The van der Waals surface area contributed by atoms with E-state index in [-0.39, 0.29) is 12.4 Å². The zero-order valence-electron chi connectivity index (χ0n) is 19.6. The third-order valence-corrected chi connectivity index (χ3v) is 5.80. The van der Waals surface area contributed by atoms with Crippen molar-refractivity contribution < 1.29 is 27.4 Å². The second-order valence-electron chi connectivity index (χ2n) is 9.25. The molecule has 3 aromatic rings. The molecule has 0 spiro atoms. The second kappa shape index (κ2) is 9.10. The van der Waals surface area contributed by atoms with E-state index in [1.807, 2.05) is 0 Å². The summed E-state index contributed by atoms with van der Waals surface area (Å²) in [5, 5.41) is 3.24. The van der Waals surface area contributed by atoms with Crippen molar-refractivity contribution in [1.29, 1.82) is 0 Å². The van der Waals surface area contributed by atoms with Crippen LogP contribution < -0.4 is 10.1 Å². The van der Waals surface area contributed by atoms with E-state index in [9.17, 15) is 18.0 Å². The summed E-state index contributed by atoms with van der Waals surface area (Å²) in [6, 6.07) is 5.55. The van der Waals surface area contributed by atoms with Crippen LogP contribution in [0.15, 0.2) is 36.7 Å². The summed E-state index contributed by atoms with van der Waals surface area (Å²) in [7, 11) is 1.50. The van der Waals surface area contributed by atoms with Gasteiger partial charge in [0.2, 0.25) is 0 Å². The van der Waals surface area contributed by atoms with Crippen LogP contribution in [0, 0.1) is 5.92 Å². The van der Waals surface area contributed by atoms with Gasteiger partial charge in [0, 0.05) is 25.4 Å². The third kappa shape index (κ3) is 5.39. The number of nitrogens with one attached hydrogen (secondary N) is 1. The summed E-state index contributed by atoms with van der Waals surface area (Å²) in [5.74, 6) is -1.07. The molecule has 2 atom stereocenters. The molecule has 0 aliphatic carbocycles. The second-order valence-corrected chi connectivity index (χ2v) is 9.66. The number of carbonyl (C=O) groups is 1. The van der Waals surface area contributed by atoms with Crippen molar-refractivity contribution in [3.63, 3.8) is 0 Å². The van der Waals surface area contributed by atoms with Crippen molar-refractivity contribution in [3.05, 3.63) is 41.7 Å². The van der Waals surface area contributed by atoms with Gasteiger partial charge in [0.25, 0.3) is 0 Å². The summed E-state index contributed by atoms with van der Waals surface area (Å²) in [6.07, 6.45) is -2.07. The number of alkyl halides is 3. The molecule has 35 heavy (non-hydrogen) atoms. The molecule has 0 radical (unpaired) electrons.